The average Bonchev–Trinajstić information content (AvgIpc) is 3.09. The Labute approximate surface area is 171 Å². The molecular formula is C18H21BrN2O6S. The zero-order valence-corrected chi connectivity index (χ0v) is 17.9. The number of nitrogens with zero attached hydrogens (tertiary/aromatic N) is 1. The van der Waals surface area contributed by atoms with Crippen molar-refractivity contribution in [1.82, 2.24) is 10.2 Å². The summed E-state index contributed by atoms with van der Waals surface area (Å²) in [6, 6.07) is 9.35. The highest BCUT2D eigenvalue weighted by atomic mass is 79.9. The Kier molecular flexibility index (Phi) is 7.64. The number of furan rings is 1. The number of nitrogens with one attached hydrogen (secondary N) is 1. The topological polar surface area (TPSA) is 106 Å². The number of benzene rings is 1. The molecule has 152 valence electrons. The first-order chi connectivity index (χ1) is 13.2. The van der Waals surface area contributed by atoms with Gasteiger partial charge in [0.15, 0.2) is 20.3 Å². The highest BCUT2D eigenvalue weighted by Crippen LogP contribution is 2.17. The fourth-order valence-corrected chi connectivity index (χ4v) is 3.19. The van der Waals surface area contributed by atoms with Crippen LogP contribution in [0.5, 0.6) is 5.75 Å². The van der Waals surface area contributed by atoms with Crippen molar-refractivity contribution in [3.05, 3.63) is 46.8 Å². The maximum absolute atomic E-state index is 12.1. The van der Waals surface area contributed by atoms with Crippen molar-refractivity contribution in [2.45, 2.75) is 11.3 Å². The monoisotopic (exact) mass is 472 g/mol. The van der Waals surface area contributed by atoms with Crippen molar-refractivity contribution < 1.29 is 27.2 Å². The maximum Gasteiger partial charge on any atom is 0.287 e. The van der Waals surface area contributed by atoms with Crippen molar-refractivity contribution in [1.29, 1.82) is 0 Å². The van der Waals surface area contributed by atoms with Crippen LogP contribution in [0.4, 0.5) is 0 Å². The molecule has 1 N–H and O–H groups in total. The fraction of sp³-hybridized carbons (Fsp3) is 0.333. The van der Waals surface area contributed by atoms with Crippen LogP contribution in [0.15, 0.2) is 50.4 Å². The molecule has 0 aliphatic heterocycles. The number of ether oxygens (including phenoxy) is 1. The molecule has 0 spiro atoms. The molecule has 0 aliphatic carbocycles. The number of halogens is 1. The molecule has 1 heterocycles. The van der Waals surface area contributed by atoms with Gasteiger partial charge in [0.1, 0.15) is 5.75 Å². The summed E-state index contributed by atoms with van der Waals surface area (Å²) >= 11 is 3.11. The molecule has 0 bridgehead atoms. The van der Waals surface area contributed by atoms with Crippen molar-refractivity contribution in [3.63, 3.8) is 0 Å². The molecule has 0 saturated heterocycles. The molecule has 8 nitrogen and oxygen atoms in total. The van der Waals surface area contributed by atoms with Crippen LogP contribution >= 0.6 is 15.9 Å². The molecule has 2 rings (SSSR count). The Morgan fingerprint density at radius 3 is 2.64 bits per heavy atom. The zero-order valence-electron chi connectivity index (χ0n) is 15.5. The van der Waals surface area contributed by atoms with Crippen molar-refractivity contribution in [3.8, 4) is 5.75 Å². The second kappa shape index (κ2) is 9.74. The van der Waals surface area contributed by atoms with Gasteiger partial charge >= 0.3 is 0 Å². The standard InChI is InChI=1S/C18H21BrN2O6S/c1-21(17(22)12-20-18(23)15-7-8-16(19)27-15)9-4-10-26-13-5-3-6-14(11-13)28(2,24)25/h3,5-8,11H,4,9-10,12H2,1-2H3,(H,20,23). The Morgan fingerprint density at radius 2 is 2.00 bits per heavy atom. The van der Waals surface area contributed by atoms with Gasteiger partial charge in [0, 0.05) is 19.8 Å². The molecule has 0 unspecified atom stereocenters. The SMILES string of the molecule is CN(CCCOc1cccc(S(C)(=O)=O)c1)C(=O)CNC(=O)c1ccc(Br)o1. The molecule has 0 fully saturated rings. The maximum atomic E-state index is 12.1. The van der Waals surface area contributed by atoms with Gasteiger partial charge in [0.25, 0.3) is 5.91 Å². The number of hydrogen-bond donors (Lipinski definition) is 1. The van der Waals surface area contributed by atoms with Gasteiger partial charge < -0.3 is 19.4 Å². The van der Waals surface area contributed by atoms with E-state index in [0.29, 0.717) is 30.0 Å². The van der Waals surface area contributed by atoms with Gasteiger partial charge in [-0.15, -0.1) is 0 Å². The molecule has 0 aliphatic rings. The minimum absolute atomic E-state index is 0.118. The van der Waals surface area contributed by atoms with Gasteiger partial charge in [-0.05, 0) is 52.7 Å². The smallest absolute Gasteiger partial charge is 0.287 e. The molecule has 2 amide bonds. The predicted octanol–water partition coefficient (Wildman–Crippen LogP) is 2.10. The number of carbonyl (C=O) groups excluding carboxylic acids is 2. The first kappa shape index (κ1) is 22.0. The third kappa shape index (κ3) is 6.68. The van der Waals surface area contributed by atoms with Gasteiger partial charge in [-0.25, -0.2) is 8.42 Å². The first-order valence-electron chi connectivity index (χ1n) is 8.37. The van der Waals surface area contributed by atoms with Crippen LogP contribution in [0.3, 0.4) is 0 Å². The van der Waals surface area contributed by atoms with Crippen LogP contribution in [-0.2, 0) is 14.6 Å². The summed E-state index contributed by atoms with van der Waals surface area (Å²) < 4.78 is 34.2. The van der Waals surface area contributed by atoms with Crippen LogP contribution in [0, 0.1) is 0 Å². The normalized spacial score (nSPS) is 11.1. The number of hydrogen-bond acceptors (Lipinski definition) is 6. The van der Waals surface area contributed by atoms with Crippen molar-refractivity contribution in [2.24, 2.45) is 0 Å². The summed E-state index contributed by atoms with van der Waals surface area (Å²) in [4.78, 5) is 25.6. The van der Waals surface area contributed by atoms with Crippen molar-refractivity contribution >= 4 is 37.6 Å². The Morgan fingerprint density at radius 1 is 1.25 bits per heavy atom. The fourth-order valence-electron chi connectivity index (χ4n) is 2.23. The summed E-state index contributed by atoms with van der Waals surface area (Å²) in [5.41, 5.74) is 0. The van der Waals surface area contributed by atoms with Crippen LogP contribution in [0.25, 0.3) is 0 Å². The summed E-state index contributed by atoms with van der Waals surface area (Å²) in [6.45, 7) is 0.593. The van der Waals surface area contributed by atoms with E-state index in [1.165, 1.54) is 23.1 Å². The molecule has 2 aromatic rings. The van der Waals surface area contributed by atoms with Gasteiger partial charge in [-0.2, -0.15) is 0 Å². The second-order valence-electron chi connectivity index (χ2n) is 6.05. The highest BCUT2D eigenvalue weighted by Gasteiger charge is 2.14. The highest BCUT2D eigenvalue weighted by molar-refractivity contribution is 9.10. The van der Waals surface area contributed by atoms with E-state index in [-0.39, 0.29) is 23.1 Å². The number of carbonyl (C=O) groups is 2. The van der Waals surface area contributed by atoms with Gasteiger partial charge in [-0.3, -0.25) is 9.59 Å². The lowest BCUT2D eigenvalue weighted by Crippen LogP contribution is -2.38. The van der Waals surface area contributed by atoms with Crippen LogP contribution in [0.1, 0.15) is 17.0 Å². The van der Waals surface area contributed by atoms with E-state index < -0.39 is 15.7 Å². The van der Waals surface area contributed by atoms with E-state index in [1.54, 1.807) is 25.2 Å². The van der Waals surface area contributed by atoms with Crippen molar-refractivity contribution in [2.75, 3.05) is 33.0 Å². The lowest BCUT2D eigenvalue weighted by molar-refractivity contribution is -0.128. The van der Waals surface area contributed by atoms with Crippen LogP contribution in [-0.4, -0.2) is 58.1 Å². The summed E-state index contributed by atoms with van der Waals surface area (Å²) in [6.07, 6.45) is 1.68. The largest absolute Gasteiger partial charge is 0.493 e. The molecule has 0 atom stereocenters. The van der Waals surface area contributed by atoms with Crippen LogP contribution < -0.4 is 10.1 Å². The van der Waals surface area contributed by atoms with E-state index in [9.17, 15) is 18.0 Å². The third-order valence-electron chi connectivity index (χ3n) is 3.76. The Balaban J connectivity index is 1.71. The van der Waals surface area contributed by atoms with E-state index >= 15 is 0 Å². The lowest BCUT2D eigenvalue weighted by atomic mass is 10.3. The van der Waals surface area contributed by atoms with Gasteiger partial charge in [0.05, 0.1) is 18.0 Å². The average molecular weight is 473 g/mol. The minimum atomic E-state index is -3.29. The molecule has 28 heavy (non-hydrogen) atoms. The number of amides is 2. The Hall–Kier alpha value is -2.33. The second-order valence-corrected chi connectivity index (χ2v) is 8.85. The lowest BCUT2D eigenvalue weighted by Gasteiger charge is -2.17. The third-order valence-corrected chi connectivity index (χ3v) is 5.30. The quantitative estimate of drug-likeness (QED) is 0.560. The van der Waals surface area contributed by atoms with E-state index in [4.69, 9.17) is 9.15 Å². The van der Waals surface area contributed by atoms with Gasteiger partial charge in [0.2, 0.25) is 5.91 Å². The summed E-state index contributed by atoms with van der Waals surface area (Å²) in [7, 11) is -1.66. The number of rotatable bonds is 9. The summed E-state index contributed by atoms with van der Waals surface area (Å²) in [5.74, 6) is -0.152. The van der Waals surface area contributed by atoms with Gasteiger partial charge in [-0.1, -0.05) is 6.07 Å². The molecular weight excluding hydrogens is 452 g/mol. The molecule has 1 aromatic carbocycles. The van der Waals surface area contributed by atoms with E-state index in [0.717, 1.165) is 6.26 Å². The molecule has 0 radical (unpaired) electrons. The van der Waals surface area contributed by atoms with E-state index in [1.807, 2.05) is 0 Å². The zero-order chi connectivity index (χ0) is 20.7. The molecule has 10 heteroatoms. The number of sulfone groups is 1. The van der Waals surface area contributed by atoms with E-state index in [2.05, 4.69) is 21.2 Å². The van der Waals surface area contributed by atoms with Crippen LogP contribution in [0.2, 0.25) is 0 Å². The predicted molar refractivity (Wildman–Crippen MR) is 106 cm³/mol. The first-order valence-corrected chi connectivity index (χ1v) is 11.1. The minimum Gasteiger partial charge on any atom is -0.493 e. The molecule has 1 aromatic heterocycles. The summed E-state index contributed by atoms with van der Waals surface area (Å²) in [5, 5.41) is 2.50. The molecule has 0 saturated carbocycles. The number of likely N-dealkylation sites (N-methyl/N-ethyl adjacent to an activating group) is 1. The Bertz CT molecular complexity index is 941.